The maximum absolute atomic E-state index is 12.7. The first kappa shape index (κ1) is 23.0. The van der Waals surface area contributed by atoms with Crippen molar-refractivity contribution in [1.82, 2.24) is 4.90 Å². The third-order valence-electron chi connectivity index (χ3n) is 4.65. The molecular weight excluding hydrogens is 487 g/mol. The van der Waals surface area contributed by atoms with Gasteiger partial charge in [0.05, 0.1) is 22.1 Å². The summed E-state index contributed by atoms with van der Waals surface area (Å²) in [6, 6.07) is 15.2. The summed E-state index contributed by atoms with van der Waals surface area (Å²) in [5.41, 5.74) is 1.24. The largest absolute Gasteiger partial charge is 0.497 e. The van der Waals surface area contributed by atoms with E-state index in [-0.39, 0.29) is 4.91 Å². The van der Waals surface area contributed by atoms with E-state index in [4.69, 9.17) is 32.4 Å². The minimum atomic E-state index is -0.567. The highest BCUT2D eigenvalue weighted by Gasteiger charge is 2.36. The second-order valence-electron chi connectivity index (χ2n) is 6.88. The van der Waals surface area contributed by atoms with E-state index in [2.05, 4.69) is 5.32 Å². The van der Waals surface area contributed by atoms with Crippen LogP contribution in [-0.4, -0.2) is 35.6 Å². The minimum absolute atomic E-state index is 0.160. The van der Waals surface area contributed by atoms with Gasteiger partial charge in [-0.2, -0.15) is 0 Å². The number of amides is 3. The number of benzene rings is 2. The second-order valence-corrected chi connectivity index (χ2v) is 8.68. The molecule has 0 bridgehead atoms. The highest BCUT2D eigenvalue weighted by molar-refractivity contribution is 8.18. The van der Waals surface area contributed by atoms with Gasteiger partial charge in [-0.05, 0) is 66.4 Å². The van der Waals surface area contributed by atoms with Gasteiger partial charge in [0.1, 0.15) is 23.8 Å². The molecule has 7 nitrogen and oxygen atoms in total. The number of thioether (sulfide) groups is 1. The molecule has 1 saturated heterocycles. The fraction of sp³-hybridized carbons (Fsp3) is 0.0870. The Morgan fingerprint density at radius 1 is 1.09 bits per heavy atom. The Kier molecular flexibility index (Phi) is 6.78. The Bertz CT molecular complexity index is 1270. The molecule has 0 atom stereocenters. The van der Waals surface area contributed by atoms with Gasteiger partial charge in [-0.15, -0.1) is 0 Å². The summed E-state index contributed by atoms with van der Waals surface area (Å²) in [6.45, 7) is -0.402. The number of furan rings is 1. The standard InChI is InChI=1S/C23H16Cl2N2O5S/c1-31-15-5-3-14(4-6-15)26-21(28)12-27-22(29)20(33-23(27)30)11-16-7-9-19(32-16)13-2-8-17(24)18(25)10-13/h2-11H,12H2,1H3,(H,26,28)/b20-11-. The summed E-state index contributed by atoms with van der Waals surface area (Å²) in [4.78, 5) is 38.4. The highest BCUT2D eigenvalue weighted by Crippen LogP contribution is 2.34. The van der Waals surface area contributed by atoms with Crippen molar-refractivity contribution in [3.63, 3.8) is 0 Å². The summed E-state index contributed by atoms with van der Waals surface area (Å²) in [7, 11) is 1.54. The lowest BCUT2D eigenvalue weighted by Gasteiger charge is -2.12. The smallest absolute Gasteiger partial charge is 0.294 e. The molecule has 0 aliphatic carbocycles. The number of hydrogen-bond donors (Lipinski definition) is 1. The van der Waals surface area contributed by atoms with Gasteiger partial charge in [0.2, 0.25) is 5.91 Å². The van der Waals surface area contributed by atoms with Gasteiger partial charge in [-0.25, -0.2) is 0 Å². The Morgan fingerprint density at radius 2 is 1.85 bits per heavy atom. The van der Waals surface area contributed by atoms with E-state index >= 15 is 0 Å². The molecule has 1 N–H and O–H groups in total. The molecule has 4 rings (SSSR count). The number of methoxy groups -OCH3 is 1. The summed E-state index contributed by atoms with van der Waals surface area (Å²) in [6.07, 6.45) is 1.47. The van der Waals surface area contributed by atoms with Crippen molar-refractivity contribution in [3.8, 4) is 17.1 Å². The van der Waals surface area contributed by atoms with Crippen molar-refractivity contribution < 1.29 is 23.5 Å². The number of halogens is 2. The molecule has 1 aliphatic heterocycles. The van der Waals surface area contributed by atoms with Gasteiger partial charge in [-0.3, -0.25) is 19.3 Å². The average Bonchev–Trinajstić information content (AvgIpc) is 3.36. The normalized spacial score (nSPS) is 14.8. The molecule has 0 saturated carbocycles. The number of nitrogens with zero attached hydrogens (tertiary/aromatic N) is 1. The lowest BCUT2D eigenvalue weighted by molar-refractivity contribution is -0.127. The van der Waals surface area contributed by atoms with Gasteiger partial charge in [0, 0.05) is 17.3 Å². The Labute approximate surface area is 203 Å². The van der Waals surface area contributed by atoms with Gasteiger partial charge in [0.25, 0.3) is 11.1 Å². The molecule has 0 spiro atoms. The van der Waals surface area contributed by atoms with Crippen molar-refractivity contribution in [2.24, 2.45) is 0 Å². The van der Waals surface area contributed by atoms with Crippen molar-refractivity contribution in [2.45, 2.75) is 0 Å². The van der Waals surface area contributed by atoms with Crippen molar-refractivity contribution in [3.05, 3.63) is 75.3 Å². The Hall–Kier alpha value is -3.20. The Morgan fingerprint density at radius 3 is 2.55 bits per heavy atom. The lowest BCUT2D eigenvalue weighted by atomic mass is 10.2. The SMILES string of the molecule is COc1ccc(NC(=O)CN2C(=O)S/C(=C\c3ccc(-c4ccc(Cl)c(Cl)c4)o3)C2=O)cc1. The van der Waals surface area contributed by atoms with Crippen molar-refractivity contribution >= 4 is 63.8 Å². The van der Waals surface area contributed by atoms with E-state index in [9.17, 15) is 14.4 Å². The predicted octanol–water partition coefficient (Wildman–Crippen LogP) is 5.94. The molecule has 1 fully saturated rings. The predicted molar refractivity (Wildman–Crippen MR) is 128 cm³/mol. The minimum Gasteiger partial charge on any atom is -0.497 e. The number of imide groups is 1. The topological polar surface area (TPSA) is 88.8 Å². The van der Waals surface area contributed by atoms with Gasteiger partial charge in [-0.1, -0.05) is 23.2 Å². The Balaban J connectivity index is 1.43. The molecule has 2 heterocycles. The zero-order valence-corrected chi connectivity index (χ0v) is 19.5. The molecule has 0 unspecified atom stereocenters. The van der Waals surface area contributed by atoms with E-state index in [1.807, 2.05) is 0 Å². The van der Waals surface area contributed by atoms with Crippen LogP contribution in [0, 0.1) is 0 Å². The zero-order valence-electron chi connectivity index (χ0n) is 17.1. The summed E-state index contributed by atoms with van der Waals surface area (Å²) in [5, 5.41) is 2.93. The van der Waals surface area contributed by atoms with Crippen LogP contribution in [0.3, 0.4) is 0 Å². The molecule has 168 valence electrons. The summed E-state index contributed by atoms with van der Waals surface area (Å²) < 4.78 is 10.8. The number of anilines is 1. The van der Waals surface area contributed by atoms with Crippen molar-refractivity contribution in [1.29, 1.82) is 0 Å². The van der Waals surface area contributed by atoms with Crippen LogP contribution >= 0.6 is 35.0 Å². The number of nitrogens with one attached hydrogen (secondary N) is 1. The molecule has 0 radical (unpaired) electrons. The molecule has 1 aromatic heterocycles. The van der Waals surface area contributed by atoms with E-state index in [0.29, 0.717) is 38.6 Å². The molecule has 3 aromatic rings. The number of carbonyl (C=O) groups excluding carboxylic acids is 3. The van der Waals surface area contributed by atoms with Gasteiger partial charge >= 0.3 is 0 Å². The molecule has 3 amide bonds. The molecule has 1 aliphatic rings. The molecular formula is C23H16Cl2N2O5S. The second kappa shape index (κ2) is 9.74. The number of hydrogen-bond acceptors (Lipinski definition) is 6. The number of carbonyl (C=O) groups is 3. The van der Waals surface area contributed by atoms with Crippen LogP contribution in [0.5, 0.6) is 5.75 Å². The van der Waals surface area contributed by atoms with Crippen LogP contribution in [0.2, 0.25) is 10.0 Å². The van der Waals surface area contributed by atoms with E-state index in [1.54, 1.807) is 54.6 Å². The number of ether oxygens (including phenoxy) is 1. The van der Waals surface area contributed by atoms with Crippen LogP contribution in [-0.2, 0) is 9.59 Å². The van der Waals surface area contributed by atoms with Gasteiger partial charge < -0.3 is 14.5 Å². The molecule has 33 heavy (non-hydrogen) atoms. The van der Waals surface area contributed by atoms with Crippen LogP contribution in [0.4, 0.5) is 10.5 Å². The zero-order chi connectivity index (χ0) is 23.5. The van der Waals surface area contributed by atoms with Gasteiger partial charge in [0.15, 0.2) is 0 Å². The van der Waals surface area contributed by atoms with E-state index in [0.717, 1.165) is 16.7 Å². The van der Waals surface area contributed by atoms with Crippen LogP contribution < -0.4 is 10.1 Å². The lowest BCUT2D eigenvalue weighted by Crippen LogP contribution is -2.36. The highest BCUT2D eigenvalue weighted by atomic mass is 35.5. The summed E-state index contributed by atoms with van der Waals surface area (Å²) in [5.74, 6) is 0.484. The molecule has 2 aromatic carbocycles. The maximum atomic E-state index is 12.7. The van der Waals surface area contributed by atoms with Crippen LogP contribution in [0.1, 0.15) is 5.76 Å². The van der Waals surface area contributed by atoms with Crippen LogP contribution in [0.25, 0.3) is 17.4 Å². The molecule has 10 heteroatoms. The average molecular weight is 503 g/mol. The van der Waals surface area contributed by atoms with Crippen molar-refractivity contribution in [2.75, 3.05) is 19.0 Å². The first-order valence-electron chi connectivity index (χ1n) is 9.58. The first-order valence-corrected chi connectivity index (χ1v) is 11.2. The third kappa shape index (κ3) is 5.24. The fourth-order valence-electron chi connectivity index (χ4n) is 3.02. The maximum Gasteiger partial charge on any atom is 0.294 e. The van der Waals surface area contributed by atoms with Crippen LogP contribution in [0.15, 0.2) is 63.9 Å². The monoisotopic (exact) mass is 502 g/mol. The number of rotatable bonds is 6. The quantitative estimate of drug-likeness (QED) is 0.419. The third-order valence-corrected chi connectivity index (χ3v) is 6.30. The van der Waals surface area contributed by atoms with E-state index < -0.39 is 23.6 Å². The summed E-state index contributed by atoms with van der Waals surface area (Å²) >= 11 is 12.7. The fourth-order valence-corrected chi connectivity index (χ4v) is 4.14. The van der Waals surface area contributed by atoms with E-state index in [1.165, 1.54) is 13.2 Å². The first-order chi connectivity index (χ1) is 15.8.